The number of carbonyl (C=O) groups excluding carboxylic acids is 1. The smallest absolute Gasteiger partial charge is 0.252 e. The molecular formula is C21H20N4O2S. The molecule has 142 valence electrons. The molecule has 1 atom stereocenters. The lowest BCUT2D eigenvalue weighted by molar-refractivity contribution is 0.0935. The van der Waals surface area contributed by atoms with Crippen LogP contribution in [0.15, 0.2) is 59.4 Å². The fourth-order valence-corrected chi connectivity index (χ4v) is 3.75. The van der Waals surface area contributed by atoms with Crippen LogP contribution in [0.25, 0.3) is 21.9 Å². The Hall–Kier alpha value is -3.06. The summed E-state index contributed by atoms with van der Waals surface area (Å²) < 4.78 is 0. The second-order valence-electron chi connectivity index (χ2n) is 6.54. The summed E-state index contributed by atoms with van der Waals surface area (Å²) in [6.07, 6.45) is 2.76. The molecule has 0 fully saturated rings. The highest BCUT2D eigenvalue weighted by Gasteiger charge is 2.20. The summed E-state index contributed by atoms with van der Waals surface area (Å²) in [5.41, 5.74) is 2.51. The number of aromatic nitrogens is 3. The minimum Gasteiger partial charge on any atom is -0.342 e. The number of para-hydroxylation sites is 3. The van der Waals surface area contributed by atoms with E-state index in [0.717, 1.165) is 29.0 Å². The molecule has 0 saturated carbocycles. The number of fused-ring (bicyclic) bond motifs is 2. The molecule has 2 aromatic carbocycles. The normalized spacial score (nSPS) is 12.3. The largest absolute Gasteiger partial charge is 0.342 e. The summed E-state index contributed by atoms with van der Waals surface area (Å²) in [6.45, 7) is 0. The highest BCUT2D eigenvalue weighted by Crippen LogP contribution is 2.22. The van der Waals surface area contributed by atoms with Crippen LogP contribution in [0.5, 0.6) is 0 Å². The maximum atomic E-state index is 13.1. The Kier molecular flexibility index (Phi) is 5.16. The molecule has 6 nitrogen and oxygen atoms in total. The van der Waals surface area contributed by atoms with Gasteiger partial charge in [0.1, 0.15) is 5.82 Å². The third kappa shape index (κ3) is 3.66. The van der Waals surface area contributed by atoms with Crippen molar-refractivity contribution in [2.75, 3.05) is 12.0 Å². The monoisotopic (exact) mass is 392 g/mol. The first-order valence-corrected chi connectivity index (χ1v) is 10.4. The van der Waals surface area contributed by atoms with Crippen LogP contribution in [0, 0.1) is 0 Å². The van der Waals surface area contributed by atoms with Crippen LogP contribution in [0.1, 0.15) is 28.6 Å². The standard InChI is InChI=1S/C21H20N4O2S/c1-28-11-10-18(20-23-16-8-4-5-9-17(16)24-20)25-21(27)14-12-19(26)22-15-7-3-2-6-13(14)15/h2-9,12,18H,10-11H2,1H3,(H,22,26)(H,23,24)(H,25,27)/t18-/m1/s1. The molecule has 0 unspecified atom stereocenters. The van der Waals surface area contributed by atoms with Gasteiger partial charge in [-0.3, -0.25) is 9.59 Å². The van der Waals surface area contributed by atoms with Gasteiger partial charge in [0.2, 0.25) is 5.56 Å². The van der Waals surface area contributed by atoms with Gasteiger partial charge in [0, 0.05) is 17.0 Å². The number of rotatable bonds is 6. The molecule has 2 aromatic heterocycles. The van der Waals surface area contributed by atoms with E-state index in [-0.39, 0.29) is 17.5 Å². The maximum Gasteiger partial charge on any atom is 0.252 e. The number of imidazole rings is 1. The van der Waals surface area contributed by atoms with Gasteiger partial charge >= 0.3 is 0 Å². The van der Waals surface area contributed by atoms with Crippen molar-refractivity contribution in [3.63, 3.8) is 0 Å². The summed E-state index contributed by atoms with van der Waals surface area (Å²) in [7, 11) is 0. The molecule has 0 radical (unpaired) electrons. The highest BCUT2D eigenvalue weighted by atomic mass is 32.2. The Morgan fingerprint density at radius 3 is 2.64 bits per heavy atom. The first kappa shape index (κ1) is 18.3. The van der Waals surface area contributed by atoms with Crippen molar-refractivity contribution < 1.29 is 4.79 Å². The second-order valence-corrected chi connectivity index (χ2v) is 7.53. The Labute approximate surface area is 165 Å². The lowest BCUT2D eigenvalue weighted by atomic mass is 10.1. The van der Waals surface area contributed by atoms with E-state index in [1.807, 2.05) is 48.7 Å². The van der Waals surface area contributed by atoms with Crippen LogP contribution in [-0.4, -0.2) is 32.9 Å². The van der Waals surface area contributed by atoms with Crippen molar-refractivity contribution in [3.05, 3.63) is 76.3 Å². The van der Waals surface area contributed by atoms with Gasteiger partial charge in [-0.2, -0.15) is 11.8 Å². The fraction of sp³-hybridized carbons (Fsp3) is 0.190. The number of benzene rings is 2. The van der Waals surface area contributed by atoms with E-state index in [1.54, 1.807) is 17.8 Å². The van der Waals surface area contributed by atoms with Crippen LogP contribution in [0.2, 0.25) is 0 Å². The topological polar surface area (TPSA) is 90.6 Å². The first-order valence-electron chi connectivity index (χ1n) is 9.02. The van der Waals surface area contributed by atoms with Crippen LogP contribution in [-0.2, 0) is 0 Å². The number of amides is 1. The van der Waals surface area contributed by atoms with Crippen LogP contribution in [0.3, 0.4) is 0 Å². The van der Waals surface area contributed by atoms with E-state index < -0.39 is 0 Å². The fourth-order valence-electron chi connectivity index (χ4n) is 3.28. The Morgan fingerprint density at radius 2 is 1.86 bits per heavy atom. The van der Waals surface area contributed by atoms with Crippen molar-refractivity contribution in [3.8, 4) is 0 Å². The molecule has 0 aliphatic heterocycles. The van der Waals surface area contributed by atoms with E-state index in [1.165, 1.54) is 6.07 Å². The zero-order chi connectivity index (χ0) is 19.5. The molecule has 2 heterocycles. The summed E-state index contributed by atoms with van der Waals surface area (Å²) in [5.74, 6) is 1.31. The third-order valence-corrected chi connectivity index (χ3v) is 5.29. The molecule has 3 N–H and O–H groups in total. The van der Waals surface area contributed by atoms with Crippen molar-refractivity contribution in [2.45, 2.75) is 12.5 Å². The van der Waals surface area contributed by atoms with Gasteiger partial charge in [0.05, 0.1) is 22.6 Å². The van der Waals surface area contributed by atoms with Gasteiger partial charge < -0.3 is 15.3 Å². The molecule has 0 aliphatic carbocycles. The molecule has 7 heteroatoms. The molecule has 0 saturated heterocycles. The zero-order valence-electron chi connectivity index (χ0n) is 15.4. The van der Waals surface area contributed by atoms with Crippen molar-refractivity contribution in [1.29, 1.82) is 0 Å². The van der Waals surface area contributed by atoms with E-state index in [2.05, 4.69) is 20.3 Å². The molecule has 1 amide bonds. The average Bonchev–Trinajstić information content (AvgIpc) is 3.14. The number of pyridine rings is 1. The van der Waals surface area contributed by atoms with Crippen molar-refractivity contribution in [1.82, 2.24) is 20.3 Å². The second kappa shape index (κ2) is 7.90. The SMILES string of the molecule is CSCC[C@@H](NC(=O)c1cc(=O)[nH]c2ccccc12)c1nc2ccccc2[nH]1. The molecule has 4 aromatic rings. The highest BCUT2D eigenvalue weighted by molar-refractivity contribution is 7.98. The van der Waals surface area contributed by atoms with Crippen molar-refractivity contribution >= 4 is 39.6 Å². The Balaban J connectivity index is 1.69. The zero-order valence-corrected chi connectivity index (χ0v) is 16.2. The van der Waals surface area contributed by atoms with Gasteiger partial charge in [0.25, 0.3) is 5.91 Å². The number of aromatic amines is 2. The lowest BCUT2D eigenvalue weighted by Crippen LogP contribution is -2.30. The molecule has 0 aliphatic rings. The van der Waals surface area contributed by atoms with Gasteiger partial charge in [-0.15, -0.1) is 0 Å². The number of carbonyl (C=O) groups is 1. The predicted molar refractivity (Wildman–Crippen MR) is 114 cm³/mol. The van der Waals surface area contributed by atoms with Crippen molar-refractivity contribution in [2.24, 2.45) is 0 Å². The summed E-state index contributed by atoms with van der Waals surface area (Å²) in [4.78, 5) is 35.8. The number of nitrogens with zero attached hydrogens (tertiary/aromatic N) is 1. The summed E-state index contributed by atoms with van der Waals surface area (Å²) in [5, 5.41) is 3.78. The molecule has 0 bridgehead atoms. The molecule has 0 spiro atoms. The average molecular weight is 392 g/mol. The quantitative estimate of drug-likeness (QED) is 0.467. The molecular weight excluding hydrogens is 372 g/mol. The first-order chi connectivity index (χ1) is 13.7. The summed E-state index contributed by atoms with van der Waals surface area (Å²) >= 11 is 1.71. The molecule has 4 rings (SSSR count). The summed E-state index contributed by atoms with van der Waals surface area (Å²) in [6, 6.07) is 16.2. The Morgan fingerprint density at radius 1 is 1.11 bits per heavy atom. The van der Waals surface area contributed by atoms with Crippen LogP contribution < -0.4 is 10.9 Å². The van der Waals surface area contributed by atoms with Gasteiger partial charge in [0.15, 0.2) is 0 Å². The van der Waals surface area contributed by atoms with E-state index in [0.29, 0.717) is 16.5 Å². The van der Waals surface area contributed by atoms with Crippen LogP contribution >= 0.6 is 11.8 Å². The number of thioether (sulfide) groups is 1. The lowest BCUT2D eigenvalue weighted by Gasteiger charge is -2.17. The maximum absolute atomic E-state index is 13.1. The van der Waals surface area contributed by atoms with Gasteiger partial charge in [-0.25, -0.2) is 4.98 Å². The molecule has 28 heavy (non-hydrogen) atoms. The minimum absolute atomic E-state index is 0.273. The van der Waals surface area contributed by atoms with E-state index in [9.17, 15) is 9.59 Å². The number of nitrogens with one attached hydrogen (secondary N) is 3. The third-order valence-electron chi connectivity index (χ3n) is 4.65. The number of H-pyrrole nitrogens is 2. The van der Waals surface area contributed by atoms with E-state index >= 15 is 0 Å². The van der Waals surface area contributed by atoms with Gasteiger partial charge in [-0.05, 0) is 36.6 Å². The number of hydrogen-bond donors (Lipinski definition) is 3. The Bertz CT molecular complexity index is 1160. The number of hydrogen-bond acceptors (Lipinski definition) is 4. The van der Waals surface area contributed by atoms with Gasteiger partial charge in [-0.1, -0.05) is 30.3 Å². The minimum atomic E-state index is -0.298. The van der Waals surface area contributed by atoms with Crippen LogP contribution in [0.4, 0.5) is 0 Å². The van der Waals surface area contributed by atoms with E-state index in [4.69, 9.17) is 0 Å². The predicted octanol–water partition coefficient (Wildman–Crippen LogP) is 3.63.